The molecule has 3 aliphatic rings. The van der Waals surface area contributed by atoms with Gasteiger partial charge >= 0.3 is 0 Å². The van der Waals surface area contributed by atoms with Gasteiger partial charge in [-0.1, -0.05) is 6.32 Å². The van der Waals surface area contributed by atoms with Gasteiger partial charge in [0.05, 0.1) is 177 Å². The molecule has 0 bridgehead atoms. The highest BCUT2D eigenvalue weighted by atomic mass is 16.6. The smallest absolute Gasteiger partial charge is 0.115 e. The lowest BCUT2D eigenvalue weighted by molar-refractivity contribution is -0.153. The monoisotopic (exact) mass is 1390 g/mol. The topological polar surface area (TPSA) is 236 Å². The average molecular weight is 1390 g/mol. The predicted molar refractivity (Wildman–Crippen MR) is 382 cm³/mol. The number of aliphatic hydroxyl groups excluding tert-OH is 3. The molecule has 0 aromatic heterocycles. The molecule has 22 nitrogen and oxygen atoms in total. The van der Waals surface area contributed by atoms with E-state index in [1.54, 1.807) is 21.1 Å². The number of ether oxygens (including phenoxy) is 19. The Labute approximate surface area is 589 Å². The molecule has 0 aromatic rings. The summed E-state index contributed by atoms with van der Waals surface area (Å²) < 4.78 is 107. The molecule has 4 radical (unpaired) electrons. The lowest BCUT2D eigenvalue weighted by atomic mass is 9.92. The van der Waals surface area contributed by atoms with Crippen LogP contribution in [0.5, 0.6) is 0 Å². The molecule has 19 atom stereocenters. The minimum absolute atomic E-state index is 0.00652. The summed E-state index contributed by atoms with van der Waals surface area (Å²) in [7, 11) is 14.7. The van der Waals surface area contributed by atoms with Crippen molar-refractivity contribution in [2.75, 3.05) is 67.1 Å². The molecule has 24 heteroatoms. The van der Waals surface area contributed by atoms with Crippen LogP contribution in [0.3, 0.4) is 0 Å². The van der Waals surface area contributed by atoms with E-state index < -0.39 is 18.2 Å². The first-order valence-corrected chi connectivity index (χ1v) is 35.9. The SMILES string of the molecule is CC(C)OC[C@@H](O[C@@H](C)CO)C(C)OC(C)C.CC(C)OC[C@H](O[C@@H](C)C(C)O)C(C)OC(C)C.CC(C)OC[C@H]1O[C@@H](C)C(OC(C)C)[C@H]1O.CO[C@@H]1CO[C@H](COC(C)C)C1OC(C)C.[B]CC(COC(C)C)OC(C)C.[B][C@@H]1O[C@H](COC(C)C)C(OC)[C@@H]1OC(C)C. The van der Waals surface area contributed by atoms with Gasteiger partial charge in [0.15, 0.2) is 0 Å². The Kier molecular flexibility index (Phi) is 58.7. The zero-order chi connectivity index (χ0) is 74.7. The Morgan fingerprint density at radius 2 is 0.812 bits per heavy atom. The van der Waals surface area contributed by atoms with Gasteiger partial charge in [-0.2, -0.15) is 0 Å². The van der Waals surface area contributed by atoms with E-state index in [9.17, 15) is 10.2 Å². The number of hydrogen-bond donors (Lipinski definition) is 3. The number of rotatable bonds is 41. The fraction of sp³-hybridized carbons (Fsp3) is 1.00. The maximum atomic E-state index is 10.1. The van der Waals surface area contributed by atoms with Crippen LogP contribution in [0.1, 0.15) is 208 Å². The highest BCUT2D eigenvalue weighted by molar-refractivity contribution is 6.11. The molecular weight excluding hydrogens is 1240 g/mol. The summed E-state index contributed by atoms with van der Waals surface area (Å²) >= 11 is 0. The van der Waals surface area contributed by atoms with Crippen LogP contribution in [-0.4, -0.2) is 287 Å². The molecule has 3 rings (SSSR count). The molecule has 0 aromatic carbocycles. The molecule has 96 heavy (non-hydrogen) atoms. The second-order valence-corrected chi connectivity index (χ2v) is 28.2. The normalized spacial score (nSPS) is 25.4. The van der Waals surface area contributed by atoms with Crippen molar-refractivity contribution in [1.82, 2.24) is 0 Å². The van der Waals surface area contributed by atoms with E-state index in [0.717, 1.165) is 0 Å². The van der Waals surface area contributed by atoms with Crippen molar-refractivity contribution in [3.05, 3.63) is 0 Å². The highest BCUT2D eigenvalue weighted by Crippen LogP contribution is 2.28. The Hall–Kier alpha value is -0.750. The maximum absolute atomic E-state index is 10.1. The predicted octanol–water partition coefficient (Wildman–Crippen LogP) is 10.2. The van der Waals surface area contributed by atoms with Crippen LogP contribution in [0.2, 0.25) is 6.32 Å². The minimum atomic E-state index is -0.601. The van der Waals surface area contributed by atoms with E-state index in [1.807, 2.05) is 201 Å². The minimum Gasteiger partial charge on any atom is -0.394 e. The van der Waals surface area contributed by atoms with Crippen molar-refractivity contribution < 1.29 is 105 Å². The molecule has 3 N–H and O–H groups in total. The van der Waals surface area contributed by atoms with Gasteiger partial charge in [-0.25, -0.2) is 0 Å². The van der Waals surface area contributed by atoms with Crippen molar-refractivity contribution in [2.45, 2.75) is 403 Å². The summed E-state index contributed by atoms with van der Waals surface area (Å²) in [5.74, 6) is 0. The van der Waals surface area contributed by atoms with E-state index in [1.165, 1.54) is 0 Å². The van der Waals surface area contributed by atoms with Crippen LogP contribution in [0.15, 0.2) is 0 Å². The first kappa shape index (κ1) is 99.4. The highest BCUT2D eigenvalue weighted by Gasteiger charge is 2.45. The number of aliphatic hydroxyl groups is 3. The van der Waals surface area contributed by atoms with Crippen molar-refractivity contribution in [3.63, 3.8) is 0 Å². The van der Waals surface area contributed by atoms with Gasteiger partial charge in [0, 0.05) is 20.2 Å². The van der Waals surface area contributed by atoms with Crippen LogP contribution in [0, 0.1) is 0 Å². The van der Waals surface area contributed by atoms with E-state index in [-0.39, 0.29) is 178 Å². The van der Waals surface area contributed by atoms with Crippen LogP contribution in [0.25, 0.3) is 0 Å². The molecular formula is C72H148B2O22. The van der Waals surface area contributed by atoms with Crippen molar-refractivity contribution in [3.8, 4) is 0 Å². The van der Waals surface area contributed by atoms with Gasteiger partial charge in [-0.3, -0.25) is 0 Å². The third kappa shape index (κ3) is 49.8. The zero-order valence-corrected chi connectivity index (χ0v) is 66.5. The van der Waals surface area contributed by atoms with Gasteiger partial charge in [-0.05, 0) is 208 Å². The van der Waals surface area contributed by atoms with E-state index in [2.05, 4.69) is 0 Å². The fourth-order valence-electron chi connectivity index (χ4n) is 9.31. The van der Waals surface area contributed by atoms with Crippen LogP contribution < -0.4 is 0 Å². The van der Waals surface area contributed by atoms with Crippen LogP contribution in [0.4, 0.5) is 0 Å². The van der Waals surface area contributed by atoms with Gasteiger partial charge in [0.25, 0.3) is 0 Å². The lowest BCUT2D eigenvalue weighted by Gasteiger charge is -2.30. The molecule has 0 aliphatic carbocycles. The summed E-state index contributed by atoms with van der Waals surface area (Å²) in [6.45, 7) is 62.6. The van der Waals surface area contributed by atoms with Crippen molar-refractivity contribution in [1.29, 1.82) is 0 Å². The average Bonchev–Trinajstić information content (AvgIpc) is 1.73. The summed E-state index contributed by atoms with van der Waals surface area (Å²) in [5.41, 5.74) is 0. The quantitative estimate of drug-likeness (QED) is 0.0483. The van der Waals surface area contributed by atoms with Crippen molar-refractivity contribution >= 4 is 15.7 Å². The molecule has 0 amide bonds. The number of methoxy groups -OCH3 is 2. The first-order valence-electron chi connectivity index (χ1n) is 35.9. The molecule has 7 unspecified atom stereocenters. The van der Waals surface area contributed by atoms with Gasteiger partial charge < -0.3 is 105 Å². The summed E-state index contributed by atoms with van der Waals surface area (Å²) in [4.78, 5) is 0. The van der Waals surface area contributed by atoms with E-state index in [0.29, 0.717) is 52.6 Å². The molecule has 3 saturated heterocycles. The lowest BCUT2D eigenvalue weighted by Crippen LogP contribution is -2.40. The largest absolute Gasteiger partial charge is 0.394 e. The Morgan fingerprint density at radius 1 is 0.417 bits per heavy atom. The molecule has 3 aliphatic heterocycles. The summed E-state index contributed by atoms with van der Waals surface area (Å²) in [5, 5.41) is 28.6. The summed E-state index contributed by atoms with van der Waals surface area (Å²) in [6.07, 6.45) is -0.665. The van der Waals surface area contributed by atoms with E-state index >= 15 is 0 Å². The maximum Gasteiger partial charge on any atom is 0.115 e. The third-order valence-electron chi connectivity index (χ3n) is 14.1. The fourth-order valence-corrected chi connectivity index (χ4v) is 9.31. The van der Waals surface area contributed by atoms with Crippen LogP contribution in [-0.2, 0) is 90.0 Å². The van der Waals surface area contributed by atoms with E-state index in [4.69, 9.17) is 111 Å². The van der Waals surface area contributed by atoms with Gasteiger partial charge in [-0.15, -0.1) is 0 Å². The summed E-state index contributed by atoms with van der Waals surface area (Å²) in [6, 6.07) is -0.455. The Balaban J connectivity index is -0.00000108. The molecule has 574 valence electrons. The molecule has 0 spiro atoms. The first-order chi connectivity index (χ1) is 44.6. The standard InChI is InChI=1S/C14H30O4.C13H28O4.C12H23BO4.2C12H24O4.C9H19BO2/c1-9(2)16-8-14(13(7)17-10(3)4)18-12(6)11(5)15;1-9(2)15-8-13(17-11(5)7-14)12(6)16-10(3)4;1-7(2)15-6-9-10(14-5)11(12(13)17-9)16-8(3)4;1-8(2)14-7-11-12(16-9(3)4)10(13-5)6-15-11;1-7(2)14-6-10-11(13)12(9(5)16-10)15-8(3)4;1-7(2)11-6-9(5-10)12-8(3)4/h9-15H,8H2,1-7H3;9-14H,7-8H2,1-6H3;7-12H,6H2,1-5H3;8-12H,6-7H2,1-5H3;7-13H,6H2,1-5H3;7-9H,5-6H2,1-4H3/t11?,12-,13?,14-;11-,12?,13+;9-,10?,11+,12-;10-,11-,12?;9-,10+,11-,12?;/m00110./s1. The molecule has 0 saturated carbocycles. The third-order valence-corrected chi connectivity index (χ3v) is 14.1. The molecule has 3 heterocycles. The zero-order valence-electron chi connectivity index (χ0n) is 66.5. The molecule has 3 fully saturated rings. The van der Waals surface area contributed by atoms with Crippen LogP contribution >= 0.6 is 0 Å². The second kappa shape index (κ2) is 56.7. The number of hydrogen-bond acceptors (Lipinski definition) is 22. The Morgan fingerprint density at radius 3 is 1.19 bits per heavy atom. The van der Waals surface area contributed by atoms with Crippen molar-refractivity contribution in [2.24, 2.45) is 0 Å². The van der Waals surface area contributed by atoms with Gasteiger partial charge in [0.1, 0.15) is 75.0 Å². The Bertz CT molecular complexity index is 1740. The second-order valence-electron chi connectivity index (χ2n) is 28.2. The van der Waals surface area contributed by atoms with Gasteiger partial charge in [0.2, 0.25) is 0 Å².